The first-order valence-electron chi connectivity index (χ1n) is 7.77. The summed E-state index contributed by atoms with van der Waals surface area (Å²) in [5.74, 6) is 0.118. The number of carbonyl (C=O) groups excluding carboxylic acids is 1. The molecule has 3 heterocycles. The van der Waals surface area contributed by atoms with E-state index in [-0.39, 0.29) is 11.9 Å². The van der Waals surface area contributed by atoms with E-state index in [1.807, 2.05) is 41.4 Å². The molecule has 23 heavy (non-hydrogen) atoms. The van der Waals surface area contributed by atoms with Crippen LogP contribution in [0.5, 0.6) is 0 Å². The van der Waals surface area contributed by atoms with E-state index in [0.717, 1.165) is 30.6 Å². The smallest absolute Gasteiger partial charge is 0.254 e. The van der Waals surface area contributed by atoms with E-state index in [9.17, 15) is 4.79 Å². The van der Waals surface area contributed by atoms with Crippen LogP contribution in [0.2, 0.25) is 0 Å². The summed E-state index contributed by atoms with van der Waals surface area (Å²) in [4.78, 5) is 16.1. The second kappa shape index (κ2) is 6.01. The first-order valence-corrected chi connectivity index (χ1v) is 8.65. The molecule has 4 nitrogen and oxygen atoms in total. The van der Waals surface area contributed by atoms with E-state index in [0.29, 0.717) is 0 Å². The summed E-state index contributed by atoms with van der Waals surface area (Å²) in [5, 5.41) is 6.29. The third kappa shape index (κ3) is 2.68. The Morgan fingerprint density at radius 1 is 1.17 bits per heavy atom. The van der Waals surface area contributed by atoms with Gasteiger partial charge in [0.1, 0.15) is 0 Å². The number of thiophene rings is 1. The lowest BCUT2D eigenvalue weighted by molar-refractivity contribution is 0.0738. The molecule has 1 aromatic carbocycles. The molecule has 1 atom stereocenters. The number of hydrogen-bond acceptors (Lipinski definition) is 3. The van der Waals surface area contributed by atoms with E-state index >= 15 is 0 Å². The fourth-order valence-electron chi connectivity index (χ4n) is 3.13. The van der Waals surface area contributed by atoms with Crippen molar-refractivity contribution in [3.8, 4) is 5.69 Å². The highest BCUT2D eigenvalue weighted by Crippen LogP contribution is 2.35. The molecule has 0 unspecified atom stereocenters. The molecule has 116 valence electrons. The van der Waals surface area contributed by atoms with Crippen molar-refractivity contribution in [2.45, 2.75) is 18.9 Å². The van der Waals surface area contributed by atoms with Gasteiger partial charge in [0.2, 0.25) is 0 Å². The zero-order valence-corrected chi connectivity index (χ0v) is 13.4. The zero-order valence-electron chi connectivity index (χ0n) is 12.6. The molecule has 4 rings (SSSR count). The summed E-state index contributed by atoms with van der Waals surface area (Å²) in [6.07, 6.45) is 5.76. The first-order chi connectivity index (χ1) is 11.3. The third-order valence-electron chi connectivity index (χ3n) is 4.27. The molecule has 1 amide bonds. The van der Waals surface area contributed by atoms with E-state index in [4.69, 9.17) is 0 Å². The number of carbonyl (C=O) groups is 1. The lowest BCUT2D eigenvalue weighted by atomic mass is 10.1. The second-order valence-corrected chi connectivity index (χ2v) is 6.65. The van der Waals surface area contributed by atoms with Crippen molar-refractivity contribution in [3.63, 3.8) is 0 Å². The molecule has 0 radical (unpaired) electrons. The maximum absolute atomic E-state index is 12.9. The summed E-state index contributed by atoms with van der Waals surface area (Å²) >= 11 is 1.73. The number of rotatable bonds is 3. The summed E-state index contributed by atoms with van der Waals surface area (Å²) < 4.78 is 1.79. The molecule has 3 aromatic rings. The van der Waals surface area contributed by atoms with Gasteiger partial charge < -0.3 is 4.90 Å². The molecule has 0 saturated carbocycles. The second-order valence-electron chi connectivity index (χ2n) is 5.67. The summed E-state index contributed by atoms with van der Waals surface area (Å²) in [5.41, 5.74) is 1.70. The van der Waals surface area contributed by atoms with Crippen molar-refractivity contribution in [2.24, 2.45) is 0 Å². The van der Waals surface area contributed by atoms with Crippen LogP contribution in [-0.4, -0.2) is 27.1 Å². The van der Waals surface area contributed by atoms with Crippen molar-refractivity contribution < 1.29 is 4.79 Å². The molecule has 1 aliphatic rings. The SMILES string of the molecule is O=C(c1ccc(-n2cccn2)cc1)N1CCC[C@@H]1c1cccs1. The number of aromatic nitrogens is 2. The number of amides is 1. The molecule has 2 aromatic heterocycles. The molecule has 0 bridgehead atoms. The van der Waals surface area contributed by atoms with Crippen molar-refractivity contribution >= 4 is 17.2 Å². The Kier molecular flexibility index (Phi) is 3.71. The molecule has 5 heteroatoms. The van der Waals surface area contributed by atoms with Crippen LogP contribution in [0.15, 0.2) is 60.2 Å². The van der Waals surface area contributed by atoms with Gasteiger partial charge in [-0.15, -0.1) is 11.3 Å². The van der Waals surface area contributed by atoms with Gasteiger partial charge in [0.25, 0.3) is 5.91 Å². The van der Waals surface area contributed by atoms with Crippen molar-refractivity contribution in [1.29, 1.82) is 0 Å². The van der Waals surface area contributed by atoms with Gasteiger partial charge in [0.05, 0.1) is 11.7 Å². The van der Waals surface area contributed by atoms with Crippen LogP contribution in [-0.2, 0) is 0 Å². The molecule has 1 aliphatic heterocycles. The maximum Gasteiger partial charge on any atom is 0.254 e. The predicted octanol–water partition coefficient (Wildman–Crippen LogP) is 3.91. The fourth-order valence-corrected chi connectivity index (χ4v) is 4.00. The Balaban J connectivity index is 1.56. The van der Waals surface area contributed by atoms with Gasteiger partial charge in [-0.3, -0.25) is 4.79 Å². The van der Waals surface area contributed by atoms with Gasteiger partial charge in [0.15, 0.2) is 0 Å². The molecule has 1 fully saturated rings. The third-order valence-corrected chi connectivity index (χ3v) is 5.24. The average Bonchev–Trinajstić information content (AvgIpc) is 3.35. The van der Waals surface area contributed by atoms with Crippen molar-refractivity contribution in [2.75, 3.05) is 6.54 Å². The first kappa shape index (κ1) is 14.2. The maximum atomic E-state index is 12.9. The van der Waals surface area contributed by atoms with Gasteiger partial charge in [0, 0.05) is 29.4 Å². The van der Waals surface area contributed by atoms with E-state index in [1.165, 1.54) is 4.88 Å². The van der Waals surface area contributed by atoms with Crippen LogP contribution >= 0.6 is 11.3 Å². The molecule has 0 aliphatic carbocycles. The van der Waals surface area contributed by atoms with E-state index in [2.05, 4.69) is 22.6 Å². The standard InChI is InChI=1S/C18H17N3OS/c22-18(20-11-1-4-16(20)17-5-2-13-23-17)14-6-8-15(9-7-14)21-12-3-10-19-21/h2-3,5-10,12-13,16H,1,4,11H2/t16-/m1/s1. The molecule has 0 N–H and O–H groups in total. The largest absolute Gasteiger partial charge is 0.331 e. The monoisotopic (exact) mass is 323 g/mol. The molecular formula is C18H17N3OS. The van der Waals surface area contributed by atoms with Gasteiger partial charge in [-0.05, 0) is 54.6 Å². The normalized spacial score (nSPS) is 17.6. The zero-order chi connectivity index (χ0) is 15.6. The van der Waals surface area contributed by atoms with Gasteiger partial charge >= 0.3 is 0 Å². The number of nitrogens with zero attached hydrogens (tertiary/aromatic N) is 3. The Bertz CT molecular complexity index is 778. The Morgan fingerprint density at radius 2 is 2.04 bits per heavy atom. The molecular weight excluding hydrogens is 306 g/mol. The van der Waals surface area contributed by atoms with Gasteiger partial charge in [-0.2, -0.15) is 5.10 Å². The van der Waals surface area contributed by atoms with Crippen LogP contribution in [0.3, 0.4) is 0 Å². The van der Waals surface area contributed by atoms with Crippen LogP contribution in [0, 0.1) is 0 Å². The van der Waals surface area contributed by atoms with Crippen LogP contribution in [0.25, 0.3) is 5.69 Å². The lowest BCUT2D eigenvalue weighted by Crippen LogP contribution is -2.30. The minimum Gasteiger partial charge on any atom is -0.331 e. The highest BCUT2D eigenvalue weighted by atomic mass is 32.1. The summed E-state index contributed by atoms with van der Waals surface area (Å²) in [7, 11) is 0. The minimum atomic E-state index is 0.118. The van der Waals surface area contributed by atoms with Gasteiger partial charge in [-0.1, -0.05) is 6.07 Å². The highest BCUT2D eigenvalue weighted by Gasteiger charge is 2.31. The van der Waals surface area contributed by atoms with Crippen LogP contribution < -0.4 is 0 Å². The number of hydrogen-bond donors (Lipinski definition) is 0. The Morgan fingerprint density at radius 3 is 2.74 bits per heavy atom. The van der Waals surface area contributed by atoms with E-state index in [1.54, 1.807) is 22.2 Å². The van der Waals surface area contributed by atoms with Gasteiger partial charge in [-0.25, -0.2) is 4.68 Å². The van der Waals surface area contributed by atoms with Crippen molar-refractivity contribution in [3.05, 3.63) is 70.7 Å². The number of benzene rings is 1. The highest BCUT2D eigenvalue weighted by molar-refractivity contribution is 7.10. The predicted molar refractivity (Wildman–Crippen MR) is 90.9 cm³/mol. The summed E-state index contributed by atoms with van der Waals surface area (Å²) in [6, 6.07) is 14.0. The lowest BCUT2D eigenvalue weighted by Gasteiger charge is -2.24. The minimum absolute atomic E-state index is 0.118. The number of likely N-dealkylation sites (tertiary alicyclic amines) is 1. The average molecular weight is 323 g/mol. The molecule has 0 spiro atoms. The summed E-state index contributed by atoms with van der Waals surface area (Å²) in [6.45, 7) is 0.836. The Labute approximate surface area is 139 Å². The van der Waals surface area contributed by atoms with Crippen molar-refractivity contribution in [1.82, 2.24) is 14.7 Å². The topological polar surface area (TPSA) is 38.1 Å². The van der Waals surface area contributed by atoms with Crippen LogP contribution in [0.1, 0.15) is 34.1 Å². The quantitative estimate of drug-likeness (QED) is 0.733. The van der Waals surface area contributed by atoms with Crippen LogP contribution in [0.4, 0.5) is 0 Å². The van der Waals surface area contributed by atoms with E-state index < -0.39 is 0 Å². The fraction of sp³-hybridized carbons (Fsp3) is 0.222. The Hall–Kier alpha value is -2.40. The molecule has 1 saturated heterocycles.